The molecule has 0 aromatic heterocycles. The zero-order valence-electron chi connectivity index (χ0n) is 12.9. The van der Waals surface area contributed by atoms with E-state index in [-0.39, 0.29) is 6.29 Å². The Morgan fingerprint density at radius 1 is 1.05 bits per heavy atom. The van der Waals surface area contributed by atoms with Crippen LogP contribution in [0.2, 0.25) is 0 Å². The van der Waals surface area contributed by atoms with Crippen molar-refractivity contribution in [3.63, 3.8) is 0 Å². The molecule has 0 amide bonds. The van der Waals surface area contributed by atoms with Gasteiger partial charge in [-0.25, -0.2) is 4.79 Å². The molecule has 0 aromatic rings. The molecule has 8 nitrogen and oxygen atoms in total. The molecule has 5 N–H and O–H groups in total. The molecule has 0 aliphatic carbocycles. The number of hydrogen-bond donors (Lipinski definition) is 5. The zero-order valence-corrected chi connectivity index (χ0v) is 12.9. The summed E-state index contributed by atoms with van der Waals surface area (Å²) in [6.45, 7) is 2.53. The number of aliphatic hydroxyl groups excluding tert-OH is 4. The van der Waals surface area contributed by atoms with E-state index in [2.05, 4.69) is 17.2 Å². The topological polar surface area (TPSA) is 136 Å². The molecule has 0 aromatic carbocycles. The van der Waals surface area contributed by atoms with Gasteiger partial charge in [0.15, 0.2) is 12.4 Å². The highest BCUT2D eigenvalue weighted by Crippen LogP contribution is 2.06. The van der Waals surface area contributed by atoms with Gasteiger partial charge in [-0.3, -0.25) is 0 Å². The molecule has 0 bridgehead atoms. The van der Waals surface area contributed by atoms with E-state index in [9.17, 15) is 24.9 Å². The lowest BCUT2D eigenvalue weighted by Crippen LogP contribution is -2.49. The lowest BCUT2D eigenvalue weighted by molar-refractivity contribution is -0.176. The number of aliphatic hydroxyl groups is 4. The van der Waals surface area contributed by atoms with E-state index in [0.717, 1.165) is 25.7 Å². The van der Waals surface area contributed by atoms with Gasteiger partial charge < -0.3 is 30.1 Å². The summed E-state index contributed by atoms with van der Waals surface area (Å²) in [5.74, 6) is -1.20. The smallest absolute Gasteiger partial charge is 0.356 e. The van der Waals surface area contributed by atoms with Gasteiger partial charge in [-0.2, -0.15) is 5.48 Å². The van der Waals surface area contributed by atoms with Crippen LogP contribution in [-0.2, 0) is 14.4 Å². The molecular weight excluding hydrogens is 294 g/mol. The second kappa shape index (κ2) is 12.5. The molecule has 22 heavy (non-hydrogen) atoms. The zero-order chi connectivity index (χ0) is 17.0. The molecule has 0 aliphatic heterocycles. The predicted molar refractivity (Wildman–Crippen MR) is 77.6 cm³/mol. The first-order valence-corrected chi connectivity index (χ1v) is 7.56. The van der Waals surface area contributed by atoms with Crippen LogP contribution in [0.5, 0.6) is 0 Å². The van der Waals surface area contributed by atoms with E-state index in [1.54, 1.807) is 0 Å². The van der Waals surface area contributed by atoms with Crippen molar-refractivity contribution in [1.82, 2.24) is 5.48 Å². The Morgan fingerprint density at radius 3 is 2.23 bits per heavy atom. The third-order valence-electron chi connectivity index (χ3n) is 3.21. The molecule has 0 saturated carbocycles. The summed E-state index contributed by atoms with van der Waals surface area (Å²) in [6.07, 6.45) is -1.57. The summed E-state index contributed by atoms with van der Waals surface area (Å²) >= 11 is 0. The molecule has 8 heteroatoms. The lowest BCUT2D eigenvalue weighted by atomic mass is 10.0. The van der Waals surface area contributed by atoms with E-state index < -0.39 is 30.4 Å². The van der Waals surface area contributed by atoms with Crippen LogP contribution in [0.15, 0.2) is 0 Å². The fourth-order valence-electron chi connectivity index (χ4n) is 1.77. The molecule has 0 aliphatic rings. The number of unbranched alkanes of at least 4 members (excludes halogenated alkanes) is 5. The Bertz CT molecular complexity index is 314. The van der Waals surface area contributed by atoms with Crippen LogP contribution in [0.4, 0.5) is 0 Å². The Morgan fingerprint density at radius 2 is 1.64 bits per heavy atom. The summed E-state index contributed by atoms with van der Waals surface area (Å²) in [7, 11) is 0. The molecule has 130 valence electrons. The average Bonchev–Trinajstić information content (AvgIpc) is 2.54. The summed E-state index contributed by atoms with van der Waals surface area (Å²) in [5.41, 5.74) is 2.36. The van der Waals surface area contributed by atoms with Crippen LogP contribution in [-0.4, -0.2) is 63.6 Å². The molecule has 0 saturated heterocycles. The number of rotatable bonds is 13. The quantitative estimate of drug-likeness (QED) is 0.166. The van der Waals surface area contributed by atoms with Gasteiger partial charge in [0.25, 0.3) is 0 Å². The number of hydroxylamine groups is 1. The molecule has 0 rings (SSSR count). The van der Waals surface area contributed by atoms with Gasteiger partial charge in [0, 0.05) is 6.54 Å². The third kappa shape index (κ3) is 8.40. The van der Waals surface area contributed by atoms with Crippen molar-refractivity contribution in [3.8, 4) is 0 Å². The van der Waals surface area contributed by atoms with Gasteiger partial charge in [0.2, 0.25) is 0 Å². The van der Waals surface area contributed by atoms with Gasteiger partial charge >= 0.3 is 5.97 Å². The normalized spacial score (nSPS) is 16.6. The largest absolute Gasteiger partial charge is 0.387 e. The summed E-state index contributed by atoms with van der Waals surface area (Å²) in [6, 6.07) is 0. The number of carbonyl (C=O) groups is 2. The van der Waals surface area contributed by atoms with Gasteiger partial charge in [-0.1, -0.05) is 39.0 Å². The number of hydrogen-bond acceptors (Lipinski definition) is 8. The minimum absolute atomic E-state index is 0.0112. The second-order valence-electron chi connectivity index (χ2n) is 5.14. The highest BCUT2D eigenvalue weighted by molar-refractivity contribution is 5.75. The maximum absolute atomic E-state index is 11.4. The van der Waals surface area contributed by atoms with Gasteiger partial charge in [0.1, 0.15) is 18.3 Å². The van der Waals surface area contributed by atoms with Crippen LogP contribution in [0.25, 0.3) is 0 Å². The van der Waals surface area contributed by atoms with Crippen LogP contribution in [0.3, 0.4) is 0 Å². The van der Waals surface area contributed by atoms with Crippen molar-refractivity contribution < 1.29 is 34.9 Å². The minimum atomic E-state index is -2.07. The van der Waals surface area contributed by atoms with Crippen molar-refractivity contribution in [2.24, 2.45) is 0 Å². The highest BCUT2D eigenvalue weighted by Gasteiger charge is 2.35. The van der Waals surface area contributed by atoms with E-state index >= 15 is 0 Å². The number of carbonyl (C=O) groups excluding carboxylic acids is 2. The highest BCUT2D eigenvalue weighted by atomic mass is 16.7. The summed E-state index contributed by atoms with van der Waals surface area (Å²) in [5, 5.41) is 37.2. The predicted octanol–water partition coefficient (Wildman–Crippen LogP) is -0.963. The van der Waals surface area contributed by atoms with Crippen LogP contribution < -0.4 is 5.48 Å². The first-order valence-electron chi connectivity index (χ1n) is 7.56. The number of aldehydes is 1. The van der Waals surface area contributed by atoms with Crippen molar-refractivity contribution >= 4 is 12.3 Å². The fraction of sp³-hybridized carbons (Fsp3) is 0.857. The summed E-state index contributed by atoms with van der Waals surface area (Å²) in [4.78, 5) is 26.2. The van der Waals surface area contributed by atoms with E-state index in [1.165, 1.54) is 12.8 Å². The maximum Gasteiger partial charge on any atom is 0.356 e. The Balaban J connectivity index is 3.84. The first-order chi connectivity index (χ1) is 10.5. The Hall–Kier alpha value is -1.06. The maximum atomic E-state index is 11.4. The molecular formula is C14H27NO7. The monoisotopic (exact) mass is 321 g/mol. The number of nitrogens with one attached hydrogen (secondary N) is 1. The molecule has 0 fully saturated rings. The van der Waals surface area contributed by atoms with E-state index in [4.69, 9.17) is 5.11 Å². The Kier molecular flexibility index (Phi) is 11.9. The van der Waals surface area contributed by atoms with Crippen molar-refractivity contribution in [1.29, 1.82) is 0 Å². The van der Waals surface area contributed by atoms with Crippen molar-refractivity contribution in [2.75, 3.05) is 6.54 Å². The third-order valence-corrected chi connectivity index (χ3v) is 3.21. The van der Waals surface area contributed by atoms with Crippen molar-refractivity contribution in [2.45, 2.75) is 69.9 Å². The minimum Gasteiger partial charge on any atom is -0.387 e. The second-order valence-corrected chi connectivity index (χ2v) is 5.14. The molecule has 0 spiro atoms. The Labute approximate surface area is 130 Å². The molecule has 0 heterocycles. The summed E-state index contributed by atoms with van der Waals surface area (Å²) < 4.78 is 0. The van der Waals surface area contributed by atoms with Crippen LogP contribution >= 0.6 is 0 Å². The molecule has 4 unspecified atom stereocenters. The fourth-order valence-corrected chi connectivity index (χ4v) is 1.77. The van der Waals surface area contributed by atoms with Crippen molar-refractivity contribution in [3.05, 3.63) is 0 Å². The van der Waals surface area contributed by atoms with Crippen LogP contribution in [0.1, 0.15) is 45.4 Å². The standard InChI is InChI=1S/C14H27NO7/c1-2-3-4-5-6-7-8-15-22-14(21)13(20)12(19)11(18)10(17)9-16/h9-13,15,17-20H,2-8H2,1H3. The average molecular weight is 321 g/mol. The molecule has 4 atom stereocenters. The SMILES string of the molecule is CCCCCCCCNOC(=O)C(O)C(O)C(O)C(O)C=O. The van der Waals surface area contributed by atoms with Gasteiger partial charge in [-0.05, 0) is 6.42 Å². The van der Waals surface area contributed by atoms with Crippen LogP contribution in [0, 0.1) is 0 Å². The van der Waals surface area contributed by atoms with E-state index in [1.807, 2.05) is 0 Å². The first kappa shape index (κ1) is 20.9. The lowest BCUT2D eigenvalue weighted by Gasteiger charge is -2.22. The van der Waals surface area contributed by atoms with Gasteiger partial charge in [0.05, 0.1) is 0 Å². The molecule has 0 radical (unpaired) electrons. The van der Waals surface area contributed by atoms with Gasteiger partial charge in [-0.15, -0.1) is 0 Å². The van der Waals surface area contributed by atoms with E-state index in [0.29, 0.717) is 6.54 Å².